The fourth-order valence-corrected chi connectivity index (χ4v) is 2.75. The van der Waals surface area contributed by atoms with E-state index in [0.717, 1.165) is 5.56 Å². The minimum Gasteiger partial charge on any atom is -0.507 e. The summed E-state index contributed by atoms with van der Waals surface area (Å²) in [6.07, 6.45) is -0.0331. The fourth-order valence-electron chi connectivity index (χ4n) is 2.04. The second-order valence-electron chi connectivity index (χ2n) is 4.33. The molecule has 0 spiro atoms. The minimum atomic E-state index is -0.636. The number of carbonyl (C=O) groups excluding carboxylic acids is 1. The third kappa shape index (κ3) is 2.91. The summed E-state index contributed by atoms with van der Waals surface area (Å²) in [5.41, 5.74) is 0.217. The van der Waals surface area contributed by atoms with Crippen molar-refractivity contribution in [2.24, 2.45) is 0 Å². The van der Waals surface area contributed by atoms with Gasteiger partial charge in [0.15, 0.2) is 0 Å². The zero-order chi connectivity index (χ0) is 14.7. The van der Waals surface area contributed by atoms with E-state index in [1.165, 1.54) is 24.5 Å². The van der Waals surface area contributed by atoms with Gasteiger partial charge < -0.3 is 14.3 Å². The van der Waals surface area contributed by atoms with E-state index in [-0.39, 0.29) is 17.7 Å². The number of rotatable bonds is 4. The van der Waals surface area contributed by atoms with Crippen molar-refractivity contribution in [1.29, 1.82) is 0 Å². The molecule has 0 saturated carbocycles. The van der Waals surface area contributed by atoms with Crippen molar-refractivity contribution in [3.63, 3.8) is 0 Å². The van der Waals surface area contributed by atoms with Gasteiger partial charge in [0.25, 0.3) is 0 Å². The second-order valence-corrected chi connectivity index (χ2v) is 5.11. The standard InChI is InChI=1S/C14H14O5S/c1-8-5-11(15)13(14(17)19-8)10(6-12(16)18-2)9-3-4-20-7-9/h3-5,7,10,15H,6H2,1-2H3. The SMILES string of the molecule is COC(=O)CC(c1ccsc1)c1c(O)cc(C)oc1=O. The van der Waals surface area contributed by atoms with Gasteiger partial charge in [-0.15, -0.1) is 0 Å². The van der Waals surface area contributed by atoms with E-state index in [2.05, 4.69) is 4.74 Å². The predicted octanol–water partition coefficient (Wildman–Crippen LogP) is 2.41. The van der Waals surface area contributed by atoms with E-state index in [1.54, 1.807) is 13.0 Å². The summed E-state index contributed by atoms with van der Waals surface area (Å²) in [4.78, 5) is 23.5. The highest BCUT2D eigenvalue weighted by Crippen LogP contribution is 2.33. The Hall–Kier alpha value is -2.08. The molecule has 0 aliphatic rings. The Morgan fingerprint density at radius 1 is 1.55 bits per heavy atom. The van der Waals surface area contributed by atoms with Crippen molar-refractivity contribution >= 4 is 17.3 Å². The van der Waals surface area contributed by atoms with E-state index in [1.807, 2.05) is 10.8 Å². The molecule has 2 aromatic heterocycles. The zero-order valence-electron chi connectivity index (χ0n) is 11.1. The van der Waals surface area contributed by atoms with E-state index in [9.17, 15) is 14.7 Å². The zero-order valence-corrected chi connectivity index (χ0v) is 11.9. The molecule has 5 nitrogen and oxygen atoms in total. The molecule has 20 heavy (non-hydrogen) atoms. The molecule has 0 saturated heterocycles. The van der Waals surface area contributed by atoms with Crippen molar-refractivity contribution in [1.82, 2.24) is 0 Å². The number of carbonyl (C=O) groups is 1. The van der Waals surface area contributed by atoms with Crippen LogP contribution in [0.25, 0.3) is 0 Å². The summed E-state index contributed by atoms with van der Waals surface area (Å²) in [5, 5.41) is 13.7. The maximum atomic E-state index is 12.0. The molecule has 2 rings (SSSR count). The van der Waals surface area contributed by atoms with Gasteiger partial charge in [0.1, 0.15) is 11.5 Å². The Morgan fingerprint density at radius 2 is 2.30 bits per heavy atom. The van der Waals surface area contributed by atoms with Gasteiger partial charge in [-0.3, -0.25) is 4.79 Å². The quantitative estimate of drug-likeness (QED) is 0.876. The lowest BCUT2D eigenvalue weighted by Crippen LogP contribution is -2.17. The first-order valence-electron chi connectivity index (χ1n) is 5.95. The van der Waals surface area contributed by atoms with Gasteiger partial charge >= 0.3 is 11.6 Å². The largest absolute Gasteiger partial charge is 0.507 e. The van der Waals surface area contributed by atoms with Crippen LogP contribution in [0.3, 0.4) is 0 Å². The molecule has 2 heterocycles. The number of esters is 1. The first-order valence-corrected chi connectivity index (χ1v) is 6.89. The average molecular weight is 294 g/mol. The highest BCUT2D eigenvalue weighted by atomic mass is 32.1. The first kappa shape index (κ1) is 14.3. The summed E-state index contributed by atoms with van der Waals surface area (Å²) in [5.74, 6) is -0.886. The molecule has 0 bridgehead atoms. The summed E-state index contributed by atoms with van der Waals surface area (Å²) in [6, 6.07) is 3.17. The Balaban J connectivity index is 2.52. The second kappa shape index (κ2) is 5.92. The van der Waals surface area contributed by atoms with Gasteiger partial charge in [-0.05, 0) is 29.3 Å². The maximum absolute atomic E-state index is 12.0. The molecule has 1 atom stereocenters. The van der Waals surface area contributed by atoms with Gasteiger partial charge in [-0.2, -0.15) is 11.3 Å². The smallest absolute Gasteiger partial charge is 0.343 e. The van der Waals surface area contributed by atoms with Crippen LogP contribution >= 0.6 is 11.3 Å². The van der Waals surface area contributed by atoms with Gasteiger partial charge in [0, 0.05) is 12.0 Å². The highest BCUT2D eigenvalue weighted by Gasteiger charge is 2.26. The van der Waals surface area contributed by atoms with Crippen molar-refractivity contribution < 1.29 is 19.1 Å². The Kier molecular flexibility index (Phi) is 4.24. The molecule has 106 valence electrons. The number of aromatic hydroxyl groups is 1. The molecule has 0 radical (unpaired) electrons. The third-order valence-corrected chi connectivity index (χ3v) is 3.68. The number of aryl methyl sites for hydroxylation is 1. The van der Waals surface area contributed by atoms with E-state index < -0.39 is 17.5 Å². The lowest BCUT2D eigenvalue weighted by Gasteiger charge is -2.15. The summed E-state index contributed by atoms with van der Waals surface area (Å²) in [6.45, 7) is 1.57. The van der Waals surface area contributed by atoms with Crippen LogP contribution in [-0.4, -0.2) is 18.2 Å². The summed E-state index contributed by atoms with van der Waals surface area (Å²) in [7, 11) is 1.28. The van der Waals surface area contributed by atoms with Crippen LogP contribution in [0.4, 0.5) is 0 Å². The molecule has 0 aliphatic carbocycles. The molecule has 1 unspecified atom stereocenters. The number of ether oxygens (including phenoxy) is 1. The Bertz CT molecular complexity index is 657. The normalized spacial score (nSPS) is 12.1. The van der Waals surface area contributed by atoms with Crippen molar-refractivity contribution in [2.75, 3.05) is 7.11 Å². The van der Waals surface area contributed by atoms with Crippen molar-refractivity contribution in [2.45, 2.75) is 19.3 Å². The van der Waals surface area contributed by atoms with Gasteiger partial charge in [-0.25, -0.2) is 4.79 Å². The molecule has 0 aliphatic heterocycles. The Labute approximate surface area is 119 Å². The first-order chi connectivity index (χ1) is 9.52. The molecule has 2 aromatic rings. The van der Waals surface area contributed by atoms with Crippen molar-refractivity contribution in [3.8, 4) is 5.75 Å². The van der Waals surface area contributed by atoms with Crippen LogP contribution in [0.2, 0.25) is 0 Å². The molecule has 0 aromatic carbocycles. The molecular formula is C14H14O5S. The van der Waals surface area contributed by atoms with E-state index in [4.69, 9.17) is 4.42 Å². The summed E-state index contributed by atoms with van der Waals surface area (Å²) < 4.78 is 9.67. The van der Waals surface area contributed by atoms with Crippen LogP contribution in [0, 0.1) is 6.92 Å². The third-order valence-electron chi connectivity index (χ3n) is 2.98. The lowest BCUT2D eigenvalue weighted by molar-refractivity contribution is -0.140. The molecule has 0 fully saturated rings. The van der Waals surface area contributed by atoms with Crippen molar-refractivity contribution in [3.05, 3.63) is 50.2 Å². The topological polar surface area (TPSA) is 76.7 Å². The Morgan fingerprint density at radius 3 is 2.85 bits per heavy atom. The van der Waals surface area contributed by atoms with Crippen LogP contribution < -0.4 is 5.63 Å². The number of thiophene rings is 1. The van der Waals surface area contributed by atoms with Crippen LogP contribution in [0.5, 0.6) is 5.75 Å². The monoisotopic (exact) mass is 294 g/mol. The number of methoxy groups -OCH3 is 1. The lowest BCUT2D eigenvalue weighted by atomic mass is 9.91. The molecule has 1 N–H and O–H groups in total. The predicted molar refractivity (Wildman–Crippen MR) is 74.2 cm³/mol. The van der Waals surface area contributed by atoms with Gasteiger partial charge in [0.2, 0.25) is 0 Å². The highest BCUT2D eigenvalue weighted by molar-refractivity contribution is 7.08. The van der Waals surface area contributed by atoms with Gasteiger partial charge in [-0.1, -0.05) is 0 Å². The van der Waals surface area contributed by atoms with Crippen LogP contribution in [0.15, 0.2) is 32.1 Å². The van der Waals surface area contributed by atoms with E-state index in [0.29, 0.717) is 5.76 Å². The fraction of sp³-hybridized carbons (Fsp3) is 0.286. The maximum Gasteiger partial charge on any atom is 0.343 e. The van der Waals surface area contributed by atoms with Crippen LogP contribution in [0.1, 0.15) is 29.2 Å². The number of hydrogen-bond donors (Lipinski definition) is 1. The summed E-state index contributed by atoms with van der Waals surface area (Å²) >= 11 is 1.45. The van der Waals surface area contributed by atoms with Crippen LogP contribution in [-0.2, 0) is 9.53 Å². The minimum absolute atomic E-state index is 0.0331. The average Bonchev–Trinajstić information content (AvgIpc) is 2.89. The molecule has 6 heteroatoms. The molecule has 0 amide bonds. The number of hydrogen-bond acceptors (Lipinski definition) is 6. The van der Waals surface area contributed by atoms with Gasteiger partial charge in [0.05, 0.1) is 19.1 Å². The van der Waals surface area contributed by atoms with E-state index >= 15 is 0 Å². The molecular weight excluding hydrogens is 280 g/mol.